The van der Waals surface area contributed by atoms with E-state index in [0.29, 0.717) is 12.3 Å². The highest BCUT2D eigenvalue weighted by Gasteiger charge is 2.26. The first-order valence-corrected chi connectivity index (χ1v) is 7.33. The standard InChI is InChI=1S/C17H26N2O/c1-6-19-17(5,12-18)11-14(4)20-16-9-7-15(8-10-16)13(2)3/h7-10,13-14,19H,6,11H2,1-5H3. The Morgan fingerprint density at radius 2 is 1.85 bits per heavy atom. The van der Waals surface area contributed by atoms with E-state index >= 15 is 0 Å². The van der Waals surface area contributed by atoms with Gasteiger partial charge in [0.25, 0.3) is 0 Å². The van der Waals surface area contributed by atoms with Crippen molar-refractivity contribution in [3.63, 3.8) is 0 Å². The van der Waals surface area contributed by atoms with E-state index in [1.165, 1.54) is 5.56 Å². The Labute approximate surface area is 123 Å². The zero-order valence-corrected chi connectivity index (χ0v) is 13.2. The van der Waals surface area contributed by atoms with Gasteiger partial charge < -0.3 is 4.74 Å². The molecule has 1 N–H and O–H groups in total. The van der Waals surface area contributed by atoms with Gasteiger partial charge in [-0.25, -0.2) is 0 Å². The third-order valence-corrected chi connectivity index (χ3v) is 3.39. The SMILES string of the molecule is CCNC(C)(C#N)CC(C)Oc1ccc(C(C)C)cc1. The highest BCUT2D eigenvalue weighted by Crippen LogP contribution is 2.21. The second-order valence-corrected chi connectivity index (χ2v) is 5.83. The summed E-state index contributed by atoms with van der Waals surface area (Å²) >= 11 is 0. The molecule has 0 aliphatic carbocycles. The quantitative estimate of drug-likeness (QED) is 0.821. The predicted molar refractivity (Wildman–Crippen MR) is 82.9 cm³/mol. The Morgan fingerprint density at radius 3 is 2.30 bits per heavy atom. The van der Waals surface area contributed by atoms with E-state index in [0.717, 1.165) is 12.3 Å². The summed E-state index contributed by atoms with van der Waals surface area (Å²) in [5.74, 6) is 1.38. The molecule has 0 heterocycles. The Kier molecular flexibility index (Phi) is 6.04. The van der Waals surface area contributed by atoms with Crippen molar-refractivity contribution >= 4 is 0 Å². The molecule has 0 radical (unpaired) electrons. The Hall–Kier alpha value is -1.53. The molecular weight excluding hydrogens is 248 g/mol. The first-order chi connectivity index (χ1) is 9.40. The number of hydrogen-bond donors (Lipinski definition) is 1. The largest absolute Gasteiger partial charge is 0.491 e. The van der Waals surface area contributed by atoms with Gasteiger partial charge in [0, 0.05) is 6.42 Å². The van der Waals surface area contributed by atoms with E-state index in [4.69, 9.17) is 4.74 Å². The molecule has 2 atom stereocenters. The molecule has 0 bridgehead atoms. The molecule has 1 aromatic carbocycles. The average molecular weight is 274 g/mol. The highest BCUT2D eigenvalue weighted by atomic mass is 16.5. The van der Waals surface area contributed by atoms with E-state index in [-0.39, 0.29) is 6.10 Å². The topological polar surface area (TPSA) is 45.0 Å². The number of rotatable bonds is 7. The van der Waals surface area contributed by atoms with Crippen molar-refractivity contribution in [1.29, 1.82) is 5.26 Å². The zero-order chi connectivity index (χ0) is 15.2. The molecule has 2 unspecified atom stereocenters. The smallest absolute Gasteiger partial charge is 0.119 e. The summed E-state index contributed by atoms with van der Waals surface area (Å²) in [5, 5.41) is 12.5. The second-order valence-electron chi connectivity index (χ2n) is 5.83. The molecule has 1 aromatic rings. The van der Waals surface area contributed by atoms with E-state index in [9.17, 15) is 5.26 Å². The molecule has 0 saturated heterocycles. The van der Waals surface area contributed by atoms with Crippen LogP contribution in [0.3, 0.4) is 0 Å². The van der Waals surface area contributed by atoms with Gasteiger partial charge in [0.05, 0.1) is 12.2 Å². The van der Waals surface area contributed by atoms with Crippen LogP contribution >= 0.6 is 0 Å². The van der Waals surface area contributed by atoms with Gasteiger partial charge in [-0.1, -0.05) is 32.9 Å². The van der Waals surface area contributed by atoms with E-state index in [1.807, 2.05) is 32.9 Å². The van der Waals surface area contributed by atoms with Crippen molar-refractivity contribution in [2.75, 3.05) is 6.54 Å². The summed E-state index contributed by atoms with van der Waals surface area (Å²) in [6, 6.07) is 10.5. The van der Waals surface area contributed by atoms with Crippen LogP contribution in [0.5, 0.6) is 5.75 Å². The fraction of sp³-hybridized carbons (Fsp3) is 0.588. The fourth-order valence-electron chi connectivity index (χ4n) is 2.33. The number of nitriles is 1. The van der Waals surface area contributed by atoms with Crippen LogP contribution in [0.1, 0.15) is 52.5 Å². The van der Waals surface area contributed by atoms with Gasteiger partial charge in [0.15, 0.2) is 0 Å². The zero-order valence-electron chi connectivity index (χ0n) is 13.2. The minimum Gasteiger partial charge on any atom is -0.491 e. The minimum absolute atomic E-state index is 0.0106. The Balaban J connectivity index is 2.62. The number of ether oxygens (including phenoxy) is 1. The number of benzene rings is 1. The molecule has 0 aliphatic heterocycles. The van der Waals surface area contributed by atoms with Crippen LogP contribution in [0.2, 0.25) is 0 Å². The van der Waals surface area contributed by atoms with Crippen LogP contribution in [0, 0.1) is 11.3 Å². The summed E-state index contributed by atoms with van der Waals surface area (Å²) in [6.07, 6.45) is 0.645. The van der Waals surface area contributed by atoms with Crippen LogP contribution in [-0.2, 0) is 0 Å². The summed E-state index contributed by atoms with van der Waals surface area (Å²) in [4.78, 5) is 0. The van der Waals surface area contributed by atoms with Crippen molar-refractivity contribution < 1.29 is 4.74 Å². The van der Waals surface area contributed by atoms with Crippen LogP contribution in [-0.4, -0.2) is 18.2 Å². The van der Waals surface area contributed by atoms with Crippen molar-refractivity contribution in [2.45, 2.75) is 58.6 Å². The van der Waals surface area contributed by atoms with Gasteiger partial charge in [0.1, 0.15) is 11.3 Å². The van der Waals surface area contributed by atoms with E-state index < -0.39 is 5.54 Å². The van der Waals surface area contributed by atoms with Gasteiger partial charge >= 0.3 is 0 Å². The van der Waals surface area contributed by atoms with Gasteiger partial charge in [0.2, 0.25) is 0 Å². The third-order valence-electron chi connectivity index (χ3n) is 3.39. The summed E-state index contributed by atoms with van der Waals surface area (Å²) in [5.41, 5.74) is 0.769. The lowest BCUT2D eigenvalue weighted by Gasteiger charge is -2.26. The average Bonchev–Trinajstić information content (AvgIpc) is 2.39. The van der Waals surface area contributed by atoms with Crippen LogP contribution in [0.25, 0.3) is 0 Å². The second kappa shape index (κ2) is 7.31. The molecule has 0 aliphatic rings. The first-order valence-electron chi connectivity index (χ1n) is 7.33. The van der Waals surface area contributed by atoms with Gasteiger partial charge in [-0.3, -0.25) is 5.32 Å². The predicted octanol–water partition coefficient (Wildman–Crippen LogP) is 3.86. The minimum atomic E-state index is -0.536. The van der Waals surface area contributed by atoms with E-state index in [2.05, 4.69) is 37.4 Å². The maximum Gasteiger partial charge on any atom is 0.119 e. The molecular formula is C17H26N2O. The lowest BCUT2D eigenvalue weighted by molar-refractivity contribution is 0.180. The van der Waals surface area contributed by atoms with Crippen LogP contribution in [0.4, 0.5) is 0 Å². The molecule has 0 amide bonds. The van der Waals surface area contributed by atoms with Crippen molar-refractivity contribution in [3.8, 4) is 11.8 Å². The summed E-state index contributed by atoms with van der Waals surface area (Å²) < 4.78 is 5.90. The fourth-order valence-corrected chi connectivity index (χ4v) is 2.33. The van der Waals surface area contributed by atoms with Crippen molar-refractivity contribution in [1.82, 2.24) is 5.32 Å². The van der Waals surface area contributed by atoms with Gasteiger partial charge in [-0.2, -0.15) is 5.26 Å². The highest BCUT2D eigenvalue weighted by molar-refractivity contribution is 5.29. The third kappa shape index (κ3) is 4.86. The van der Waals surface area contributed by atoms with Crippen molar-refractivity contribution in [2.24, 2.45) is 0 Å². The normalized spacial score (nSPS) is 15.4. The monoisotopic (exact) mass is 274 g/mol. The lowest BCUT2D eigenvalue weighted by atomic mass is 9.96. The first kappa shape index (κ1) is 16.5. The number of nitrogens with zero attached hydrogens (tertiary/aromatic N) is 1. The molecule has 0 saturated carbocycles. The maximum absolute atomic E-state index is 9.26. The maximum atomic E-state index is 9.26. The Morgan fingerprint density at radius 1 is 1.25 bits per heavy atom. The molecule has 0 spiro atoms. The van der Waals surface area contributed by atoms with E-state index in [1.54, 1.807) is 0 Å². The van der Waals surface area contributed by atoms with Gasteiger partial charge in [-0.05, 0) is 44.0 Å². The van der Waals surface area contributed by atoms with Gasteiger partial charge in [-0.15, -0.1) is 0 Å². The lowest BCUT2D eigenvalue weighted by Crippen LogP contribution is -2.44. The molecule has 0 aromatic heterocycles. The number of hydrogen-bond acceptors (Lipinski definition) is 3. The molecule has 20 heavy (non-hydrogen) atoms. The molecule has 110 valence electrons. The molecule has 3 heteroatoms. The number of nitrogens with one attached hydrogen (secondary N) is 1. The molecule has 3 nitrogen and oxygen atoms in total. The van der Waals surface area contributed by atoms with Crippen molar-refractivity contribution in [3.05, 3.63) is 29.8 Å². The summed E-state index contributed by atoms with van der Waals surface area (Å²) in [7, 11) is 0. The molecule has 1 rings (SSSR count). The summed E-state index contributed by atoms with van der Waals surface area (Å²) in [6.45, 7) is 11.0. The van der Waals surface area contributed by atoms with Crippen LogP contribution in [0.15, 0.2) is 24.3 Å². The van der Waals surface area contributed by atoms with Crippen LogP contribution < -0.4 is 10.1 Å². The molecule has 0 fully saturated rings. The Bertz CT molecular complexity index is 447.